The first kappa shape index (κ1) is 15.2. The van der Waals surface area contributed by atoms with E-state index in [4.69, 9.17) is 5.11 Å². The standard InChI is InChI=1S/C12H10O8/c1-18-10(15)7-3-6(9(13)14)4-8(5-7)11(16)20-12(17)19-2/h3-5H,1-2H3,(H,13,14). The van der Waals surface area contributed by atoms with E-state index in [1.165, 1.54) is 0 Å². The summed E-state index contributed by atoms with van der Waals surface area (Å²) < 4.78 is 12.8. The van der Waals surface area contributed by atoms with Crippen molar-refractivity contribution in [3.8, 4) is 0 Å². The van der Waals surface area contributed by atoms with Gasteiger partial charge in [0.05, 0.1) is 30.9 Å². The molecule has 8 heteroatoms. The van der Waals surface area contributed by atoms with Gasteiger partial charge >= 0.3 is 24.1 Å². The van der Waals surface area contributed by atoms with E-state index in [0.29, 0.717) is 0 Å². The Morgan fingerprint density at radius 2 is 1.35 bits per heavy atom. The van der Waals surface area contributed by atoms with Crippen LogP contribution in [0.4, 0.5) is 4.79 Å². The van der Waals surface area contributed by atoms with Crippen LogP contribution in [0, 0.1) is 0 Å². The molecule has 0 saturated carbocycles. The molecule has 1 aromatic rings. The second kappa shape index (κ2) is 6.32. The molecule has 8 nitrogen and oxygen atoms in total. The Labute approximate surface area is 112 Å². The van der Waals surface area contributed by atoms with E-state index in [1.807, 2.05) is 0 Å². The minimum absolute atomic E-state index is 0.163. The summed E-state index contributed by atoms with van der Waals surface area (Å²) in [5.41, 5.74) is -0.787. The number of benzene rings is 1. The monoisotopic (exact) mass is 282 g/mol. The molecule has 0 unspecified atom stereocenters. The van der Waals surface area contributed by atoms with Gasteiger partial charge in [-0.1, -0.05) is 0 Å². The van der Waals surface area contributed by atoms with Gasteiger partial charge in [0.1, 0.15) is 0 Å². The number of carboxylic acids is 1. The minimum atomic E-state index is -1.36. The zero-order valence-corrected chi connectivity index (χ0v) is 10.5. The van der Waals surface area contributed by atoms with Crippen molar-refractivity contribution in [2.75, 3.05) is 14.2 Å². The Hall–Kier alpha value is -2.90. The topological polar surface area (TPSA) is 116 Å². The summed E-state index contributed by atoms with van der Waals surface area (Å²) in [6, 6.07) is 3.03. The molecule has 0 saturated heterocycles. The van der Waals surface area contributed by atoms with Crippen LogP contribution >= 0.6 is 0 Å². The Morgan fingerprint density at radius 1 is 0.850 bits per heavy atom. The van der Waals surface area contributed by atoms with E-state index < -0.39 is 24.1 Å². The minimum Gasteiger partial charge on any atom is -0.478 e. The second-order valence-corrected chi connectivity index (χ2v) is 3.44. The molecule has 0 aliphatic rings. The van der Waals surface area contributed by atoms with Gasteiger partial charge < -0.3 is 19.3 Å². The molecule has 20 heavy (non-hydrogen) atoms. The maximum absolute atomic E-state index is 11.6. The molecule has 0 radical (unpaired) electrons. The van der Waals surface area contributed by atoms with Gasteiger partial charge in [0.25, 0.3) is 0 Å². The third kappa shape index (κ3) is 3.55. The molecule has 0 fully saturated rings. The largest absolute Gasteiger partial charge is 0.516 e. The average molecular weight is 282 g/mol. The highest BCUT2D eigenvalue weighted by molar-refractivity contribution is 6.01. The highest BCUT2D eigenvalue weighted by Crippen LogP contribution is 2.13. The molecule has 0 aromatic heterocycles. The Bertz CT molecular complexity index is 575. The van der Waals surface area contributed by atoms with Gasteiger partial charge in [-0.15, -0.1) is 0 Å². The third-order valence-electron chi connectivity index (χ3n) is 2.18. The molecule has 1 aromatic carbocycles. The zero-order chi connectivity index (χ0) is 15.3. The van der Waals surface area contributed by atoms with Crippen molar-refractivity contribution >= 4 is 24.1 Å². The lowest BCUT2D eigenvalue weighted by Crippen LogP contribution is -2.14. The van der Waals surface area contributed by atoms with Crippen LogP contribution in [0.25, 0.3) is 0 Å². The molecule has 0 atom stereocenters. The first-order chi connectivity index (χ1) is 9.38. The molecule has 0 aliphatic heterocycles. The van der Waals surface area contributed by atoms with Crippen LogP contribution in [0.15, 0.2) is 18.2 Å². The highest BCUT2D eigenvalue weighted by Gasteiger charge is 2.19. The molecule has 0 amide bonds. The van der Waals surface area contributed by atoms with Crippen LogP contribution in [0.2, 0.25) is 0 Å². The molecular formula is C12H10O8. The summed E-state index contributed by atoms with van der Waals surface area (Å²) in [5.74, 6) is -3.34. The van der Waals surface area contributed by atoms with Gasteiger partial charge in [0, 0.05) is 0 Å². The number of hydrogen-bond donors (Lipinski definition) is 1. The highest BCUT2D eigenvalue weighted by atomic mass is 16.7. The predicted octanol–water partition coefficient (Wildman–Crippen LogP) is 1.09. The lowest BCUT2D eigenvalue weighted by molar-refractivity contribution is 0.0451. The number of aromatic carboxylic acids is 1. The van der Waals surface area contributed by atoms with Crippen LogP contribution in [0.1, 0.15) is 31.1 Å². The summed E-state index contributed by atoms with van der Waals surface area (Å²) >= 11 is 0. The van der Waals surface area contributed by atoms with Crippen molar-refractivity contribution in [2.24, 2.45) is 0 Å². The van der Waals surface area contributed by atoms with E-state index in [2.05, 4.69) is 14.2 Å². The van der Waals surface area contributed by atoms with E-state index in [9.17, 15) is 19.2 Å². The van der Waals surface area contributed by atoms with Gasteiger partial charge in [-0.05, 0) is 18.2 Å². The SMILES string of the molecule is COC(=O)OC(=O)c1cc(C(=O)O)cc(C(=O)OC)c1. The van der Waals surface area contributed by atoms with Gasteiger partial charge in [-0.25, -0.2) is 19.2 Å². The molecular weight excluding hydrogens is 272 g/mol. The van der Waals surface area contributed by atoms with Gasteiger partial charge in [0.2, 0.25) is 0 Å². The number of esters is 2. The van der Waals surface area contributed by atoms with E-state index in [-0.39, 0.29) is 16.7 Å². The maximum atomic E-state index is 11.6. The van der Waals surface area contributed by atoms with Crippen molar-refractivity contribution in [3.63, 3.8) is 0 Å². The zero-order valence-electron chi connectivity index (χ0n) is 10.5. The molecule has 106 valence electrons. The molecule has 1 rings (SSSR count). The average Bonchev–Trinajstić information content (AvgIpc) is 2.45. The Balaban J connectivity index is 3.21. The first-order valence-electron chi connectivity index (χ1n) is 5.16. The first-order valence-corrected chi connectivity index (χ1v) is 5.16. The normalized spacial score (nSPS) is 9.50. The second-order valence-electron chi connectivity index (χ2n) is 3.44. The van der Waals surface area contributed by atoms with Crippen LogP contribution in [-0.4, -0.2) is 43.4 Å². The third-order valence-corrected chi connectivity index (χ3v) is 2.18. The maximum Gasteiger partial charge on any atom is 0.516 e. The smallest absolute Gasteiger partial charge is 0.478 e. The summed E-state index contributed by atoms with van der Waals surface area (Å²) in [4.78, 5) is 44.7. The van der Waals surface area contributed by atoms with Gasteiger partial charge in [-0.3, -0.25) is 0 Å². The van der Waals surface area contributed by atoms with Crippen molar-refractivity contribution in [2.45, 2.75) is 0 Å². The fourth-order valence-corrected chi connectivity index (χ4v) is 1.28. The van der Waals surface area contributed by atoms with E-state index in [0.717, 1.165) is 32.4 Å². The number of carbonyl (C=O) groups excluding carboxylic acids is 3. The van der Waals surface area contributed by atoms with Gasteiger partial charge in [-0.2, -0.15) is 0 Å². The molecule has 0 heterocycles. The van der Waals surface area contributed by atoms with E-state index >= 15 is 0 Å². The van der Waals surface area contributed by atoms with Crippen LogP contribution in [0.5, 0.6) is 0 Å². The molecule has 1 N–H and O–H groups in total. The number of carboxylic acid groups (broad SMARTS) is 1. The summed E-state index contributed by atoms with van der Waals surface area (Å²) in [6.07, 6.45) is -1.25. The van der Waals surface area contributed by atoms with Crippen LogP contribution < -0.4 is 0 Å². The molecule has 0 bridgehead atoms. The summed E-state index contributed by atoms with van der Waals surface area (Å²) in [6.45, 7) is 0. The molecule has 0 aliphatic carbocycles. The van der Waals surface area contributed by atoms with E-state index in [1.54, 1.807) is 0 Å². The van der Waals surface area contributed by atoms with Crippen molar-refractivity contribution in [1.82, 2.24) is 0 Å². The van der Waals surface area contributed by atoms with Crippen molar-refractivity contribution in [3.05, 3.63) is 34.9 Å². The number of methoxy groups -OCH3 is 2. The van der Waals surface area contributed by atoms with Crippen LogP contribution in [-0.2, 0) is 14.2 Å². The number of hydrogen-bond acceptors (Lipinski definition) is 7. The molecule has 0 spiro atoms. The fraction of sp³-hybridized carbons (Fsp3) is 0.167. The van der Waals surface area contributed by atoms with Crippen molar-refractivity contribution < 1.29 is 38.5 Å². The Kier molecular flexibility index (Phi) is 4.79. The lowest BCUT2D eigenvalue weighted by atomic mass is 10.1. The number of ether oxygens (including phenoxy) is 3. The number of carbonyl (C=O) groups is 4. The summed E-state index contributed by atoms with van der Waals surface area (Å²) in [5, 5.41) is 8.90. The Morgan fingerprint density at radius 3 is 1.80 bits per heavy atom. The van der Waals surface area contributed by atoms with Gasteiger partial charge in [0.15, 0.2) is 0 Å². The fourth-order valence-electron chi connectivity index (χ4n) is 1.28. The van der Waals surface area contributed by atoms with Crippen LogP contribution in [0.3, 0.4) is 0 Å². The quantitative estimate of drug-likeness (QED) is 0.647. The lowest BCUT2D eigenvalue weighted by Gasteiger charge is -2.05. The summed E-state index contributed by atoms with van der Waals surface area (Å²) in [7, 11) is 2.10. The van der Waals surface area contributed by atoms with Crippen molar-refractivity contribution in [1.29, 1.82) is 0 Å². The number of rotatable bonds is 3. The predicted molar refractivity (Wildman–Crippen MR) is 62.6 cm³/mol.